The van der Waals surface area contributed by atoms with E-state index >= 15 is 0 Å². The number of halogens is 2. The number of nitrogens with one attached hydrogen (secondary N) is 2. The Labute approximate surface area is 136 Å². The van der Waals surface area contributed by atoms with Crippen molar-refractivity contribution in [2.24, 2.45) is 5.41 Å². The molecule has 1 fully saturated rings. The van der Waals surface area contributed by atoms with Crippen LogP contribution in [0.15, 0.2) is 17.2 Å². The standard InChI is InChI=1S/C12H19ClN4O2S.ClH/c1-12(2-4-15-5-3-12)8-17-20(18,19)10-6-9(13)7-16-11(10)14;/h6-7,15,17H,2-5,8H2,1H3,(H2,14,16);1H. The number of sulfonamides is 1. The first-order valence-corrected chi connectivity index (χ1v) is 8.30. The monoisotopic (exact) mass is 354 g/mol. The highest BCUT2D eigenvalue weighted by Crippen LogP contribution is 2.28. The first-order chi connectivity index (χ1) is 9.32. The Balaban J connectivity index is 0.00000220. The highest BCUT2D eigenvalue weighted by atomic mass is 35.5. The van der Waals surface area contributed by atoms with Gasteiger partial charge in [0.2, 0.25) is 10.0 Å². The lowest BCUT2D eigenvalue weighted by atomic mass is 9.81. The van der Waals surface area contributed by atoms with Crippen LogP contribution in [-0.4, -0.2) is 33.0 Å². The van der Waals surface area contributed by atoms with Gasteiger partial charge in [0, 0.05) is 12.7 Å². The summed E-state index contributed by atoms with van der Waals surface area (Å²) in [6.45, 7) is 4.26. The Morgan fingerprint density at radius 1 is 1.48 bits per heavy atom. The van der Waals surface area contributed by atoms with Crippen LogP contribution in [0.4, 0.5) is 5.82 Å². The van der Waals surface area contributed by atoms with E-state index in [0.717, 1.165) is 25.9 Å². The van der Waals surface area contributed by atoms with Gasteiger partial charge in [-0.05, 0) is 37.4 Å². The van der Waals surface area contributed by atoms with E-state index in [4.69, 9.17) is 17.3 Å². The minimum atomic E-state index is -3.69. The molecule has 2 rings (SSSR count). The summed E-state index contributed by atoms with van der Waals surface area (Å²) in [5.41, 5.74) is 5.58. The molecule has 0 atom stereocenters. The zero-order valence-corrected chi connectivity index (χ0v) is 14.1. The number of aromatic nitrogens is 1. The summed E-state index contributed by atoms with van der Waals surface area (Å²) in [6, 6.07) is 1.32. The molecule has 4 N–H and O–H groups in total. The number of piperidine rings is 1. The van der Waals surface area contributed by atoms with Crippen molar-refractivity contribution in [3.8, 4) is 0 Å². The second-order valence-electron chi connectivity index (χ2n) is 5.42. The molecule has 9 heteroatoms. The van der Waals surface area contributed by atoms with Crippen LogP contribution in [-0.2, 0) is 10.0 Å². The van der Waals surface area contributed by atoms with Crippen LogP contribution in [0.5, 0.6) is 0 Å². The maximum Gasteiger partial charge on any atom is 0.244 e. The van der Waals surface area contributed by atoms with E-state index in [9.17, 15) is 8.42 Å². The number of rotatable bonds is 4. The molecule has 0 radical (unpaired) electrons. The van der Waals surface area contributed by atoms with Gasteiger partial charge < -0.3 is 11.1 Å². The van der Waals surface area contributed by atoms with E-state index in [1.54, 1.807) is 0 Å². The van der Waals surface area contributed by atoms with E-state index in [1.807, 2.05) is 0 Å². The number of hydrogen-bond donors (Lipinski definition) is 3. The SMILES string of the molecule is CC1(CNS(=O)(=O)c2cc(Cl)cnc2N)CCNCC1.Cl. The molecule has 1 saturated heterocycles. The van der Waals surface area contributed by atoms with Crippen LogP contribution < -0.4 is 15.8 Å². The molecule has 0 saturated carbocycles. The largest absolute Gasteiger partial charge is 0.383 e. The molecule has 0 amide bonds. The van der Waals surface area contributed by atoms with Crippen molar-refractivity contribution in [1.29, 1.82) is 0 Å². The fourth-order valence-electron chi connectivity index (χ4n) is 2.20. The first-order valence-electron chi connectivity index (χ1n) is 6.44. The topological polar surface area (TPSA) is 97.1 Å². The molecule has 120 valence electrons. The third-order valence-corrected chi connectivity index (χ3v) is 5.27. The number of nitrogens with two attached hydrogens (primary N) is 1. The zero-order valence-electron chi connectivity index (χ0n) is 11.7. The van der Waals surface area contributed by atoms with Crippen molar-refractivity contribution in [2.75, 3.05) is 25.4 Å². The molecule has 0 bridgehead atoms. The molecule has 1 aliphatic rings. The van der Waals surface area contributed by atoms with E-state index in [1.165, 1.54) is 12.3 Å². The maximum atomic E-state index is 12.3. The molecule has 1 aromatic rings. The van der Waals surface area contributed by atoms with Crippen LogP contribution in [0.1, 0.15) is 19.8 Å². The summed E-state index contributed by atoms with van der Waals surface area (Å²) >= 11 is 5.78. The Bertz CT molecular complexity index is 589. The van der Waals surface area contributed by atoms with E-state index < -0.39 is 10.0 Å². The van der Waals surface area contributed by atoms with E-state index in [0.29, 0.717) is 6.54 Å². The third-order valence-electron chi connectivity index (χ3n) is 3.64. The van der Waals surface area contributed by atoms with Crippen molar-refractivity contribution in [2.45, 2.75) is 24.7 Å². The van der Waals surface area contributed by atoms with Gasteiger partial charge in [0.05, 0.1) is 5.02 Å². The second-order valence-corrected chi connectivity index (χ2v) is 7.59. The fourth-order valence-corrected chi connectivity index (χ4v) is 3.73. The first kappa shape index (κ1) is 18.4. The summed E-state index contributed by atoms with van der Waals surface area (Å²) in [4.78, 5) is 3.71. The van der Waals surface area contributed by atoms with Gasteiger partial charge in [0.1, 0.15) is 10.7 Å². The number of nitrogens with zero attached hydrogens (tertiary/aromatic N) is 1. The molecule has 0 spiro atoms. The van der Waals surface area contributed by atoms with Gasteiger partial charge in [-0.2, -0.15) is 0 Å². The van der Waals surface area contributed by atoms with Gasteiger partial charge in [0.25, 0.3) is 0 Å². The van der Waals surface area contributed by atoms with Crippen LogP contribution in [0.25, 0.3) is 0 Å². The smallest absolute Gasteiger partial charge is 0.244 e. The lowest BCUT2D eigenvalue weighted by Crippen LogP contribution is -2.43. The highest BCUT2D eigenvalue weighted by molar-refractivity contribution is 7.89. The fraction of sp³-hybridized carbons (Fsp3) is 0.583. The summed E-state index contributed by atoms with van der Waals surface area (Å²) in [5, 5.41) is 3.50. The molecule has 0 unspecified atom stereocenters. The molecule has 1 aromatic heterocycles. The van der Waals surface area contributed by atoms with Crippen LogP contribution >= 0.6 is 24.0 Å². The number of anilines is 1. The summed E-state index contributed by atoms with van der Waals surface area (Å²) < 4.78 is 27.2. The number of hydrogen-bond acceptors (Lipinski definition) is 5. The highest BCUT2D eigenvalue weighted by Gasteiger charge is 2.29. The average Bonchev–Trinajstić information content (AvgIpc) is 2.40. The predicted molar refractivity (Wildman–Crippen MR) is 86.3 cm³/mol. The Morgan fingerprint density at radius 3 is 2.71 bits per heavy atom. The zero-order chi connectivity index (χ0) is 14.8. The average molecular weight is 355 g/mol. The van der Waals surface area contributed by atoms with E-state index in [2.05, 4.69) is 21.9 Å². The third kappa shape index (κ3) is 4.69. The van der Waals surface area contributed by atoms with Crippen molar-refractivity contribution >= 4 is 39.8 Å². The Morgan fingerprint density at radius 2 is 2.10 bits per heavy atom. The van der Waals surface area contributed by atoms with Gasteiger partial charge in [-0.25, -0.2) is 18.1 Å². The Kier molecular flexibility index (Phi) is 6.24. The number of pyridine rings is 1. The Hall–Kier alpha value is -0.600. The van der Waals surface area contributed by atoms with Crippen molar-refractivity contribution < 1.29 is 8.42 Å². The predicted octanol–water partition coefficient (Wildman–Crippen LogP) is 1.41. The quantitative estimate of drug-likeness (QED) is 0.759. The molecule has 0 aliphatic carbocycles. The lowest BCUT2D eigenvalue weighted by molar-refractivity contribution is 0.232. The molecule has 2 heterocycles. The van der Waals surface area contributed by atoms with Crippen LogP contribution in [0.2, 0.25) is 5.02 Å². The van der Waals surface area contributed by atoms with Crippen molar-refractivity contribution in [1.82, 2.24) is 15.0 Å². The molecular formula is C12H20Cl2N4O2S. The van der Waals surface area contributed by atoms with Crippen molar-refractivity contribution in [3.05, 3.63) is 17.3 Å². The van der Waals surface area contributed by atoms with E-state index in [-0.39, 0.29) is 33.6 Å². The van der Waals surface area contributed by atoms with Crippen molar-refractivity contribution in [3.63, 3.8) is 0 Å². The number of nitrogen functional groups attached to an aromatic ring is 1. The van der Waals surface area contributed by atoms with Gasteiger partial charge in [-0.3, -0.25) is 0 Å². The molecule has 0 aromatic carbocycles. The summed E-state index contributed by atoms with van der Waals surface area (Å²) in [6.07, 6.45) is 3.18. The van der Waals surface area contributed by atoms with Crippen LogP contribution in [0, 0.1) is 5.41 Å². The maximum absolute atomic E-state index is 12.3. The lowest BCUT2D eigenvalue weighted by Gasteiger charge is -2.34. The normalized spacial score (nSPS) is 18.0. The molecule has 1 aliphatic heterocycles. The minimum Gasteiger partial charge on any atom is -0.383 e. The van der Waals surface area contributed by atoms with Gasteiger partial charge >= 0.3 is 0 Å². The van der Waals surface area contributed by atoms with Gasteiger partial charge in [-0.15, -0.1) is 12.4 Å². The summed E-state index contributed by atoms with van der Waals surface area (Å²) in [7, 11) is -3.69. The minimum absolute atomic E-state index is 0. The molecule has 6 nitrogen and oxygen atoms in total. The second kappa shape index (κ2) is 7.11. The van der Waals surface area contributed by atoms with Crippen LogP contribution in [0.3, 0.4) is 0 Å². The molecule has 21 heavy (non-hydrogen) atoms. The molecular weight excluding hydrogens is 335 g/mol. The van der Waals surface area contributed by atoms with Gasteiger partial charge in [0.15, 0.2) is 0 Å². The summed E-state index contributed by atoms with van der Waals surface area (Å²) in [5.74, 6) is -0.0441. The van der Waals surface area contributed by atoms with Gasteiger partial charge in [-0.1, -0.05) is 18.5 Å².